The summed E-state index contributed by atoms with van der Waals surface area (Å²) in [5.41, 5.74) is 0.359. The summed E-state index contributed by atoms with van der Waals surface area (Å²) < 4.78 is 0.800. The molecule has 0 aliphatic carbocycles. The molecule has 1 aromatic rings. The van der Waals surface area contributed by atoms with Crippen LogP contribution in [-0.4, -0.2) is 17.7 Å². The van der Waals surface area contributed by atoms with Crippen molar-refractivity contribution in [3.8, 4) is 0 Å². The van der Waals surface area contributed by atoms with Gasteiger partial charge in [-0.05, 0) is 32.0 Å². The Morgan fingerprint density at radius 2 is 2.06 bits per heavy atom. The van der Waals surface area contributed by atoms with Crippen LogP contribution < -0.4 is 5.32 Å². The molecule has 0 heterocycles. The Morgan fingerprint density at radius 3 is 2.56 bits per heavy atom. The van der Waals surface area contributed by atoms with Crippen molar-refractivity contribution in [1.29, 1.82) is 0 Å². The molecule has 0 bridgehead atoms. The molecule has 0 fully saturated rings. The van der Waals surface area contributed by atoms with Gasteiger partial charge in [-0.15, -0.1) is 0 Å². The minimum absolute atomic E-state index is 0.0958. The Balaban J connectivity index is 2.85. The van der Waals surface area contributed by atoms with Crippen LogP contribution in [0.1, 0.15) is 24.2 Å². The average molecular weight is 305 g/mol. The van der Waals surface area contributed by atoms with Gasteiger partial charge >= 0.3 is 0 Å². The van der Waals surface area contributed by atoms with Gasteiger partial charge in [0.05, 0.1) is 16.6 Å². The fourth-order valence-electron chi connectivity index (χ4n) is 1.05. The molecule has 86 valence electrons. The van der Waals surface area contributed by atoms with E-state index in [1.165, 1.54) is 6.92 Å². The first-order valence-corrected chi connectivity index (χ1v) is 5.85. The van der Waals surface area contributed by atoms with Crippen LogP contribution in [0.5, 0.6) is 0 Å². The van der Waals surface area contributed by atoms with Crippen LogP contribution in [0.4, 0.5) is 0 Å². The minimum atomic E-state index is -0.507. The van der Waals surface area contributed by atoms with Crippen LogP contribution in [0.15, 0.2) is 22.7 Å². The second-order valence-corrected chi connectivity index (χ2v) is 4.75. The van der Waals surface area contributed by atoms with Crippen molar-refractivity contribution in [2.24, 2.45) is 0 Å². The Bertz CT molecular complexity index is 434. The van der Waals surface area contributed by atoms with Crippen LogP contribution in [-0.2, 0) is 4.79 Å². The van der Waals surface area contributed by atoms with Gasteiger partial charge in [0, 0.05) is 4.47 Å². The molecule has 0 aliphatic heterocycles. The fourth-order valence-corrected chi connectivity index (χ4v) is 1.81. The third-order valence-corrected chi connectivity index (χ3v) is 2.94. The van der Waals surface area contributed by atoms with Gasteiger partial charge in [-0.1, -0.05) is 27.5 Å². The summed E-state index contributed by atoms with van der Waals surface area (Å²) in [6.07, 6.45) is 0. The first kappa shape index (κ1) is 13.2. The van der Waals surface area contributed by atoms with Crippen LogP contribution in [0.25, 0.3) is 0 Å². The van der Waals surface area contributed by atoms with Crippen LogP contribution >= 0.6 is 27.5 Å². The highest BCUT2D eigenvalue weighted by Gasteiger charge is 2.15. The number of carbonyl (C=O) groups is 2. The number of carbonyl (C=O) groups excluding carboxylic acids is 2. The molecule has 1 atom stereocenters. The van der Waals surface area contributed by atoms with E-state index in [1.807, 2.05) is 0 Å². The highest BCUT2D eigenvalue weighted by molar-refractivity contribution is 9.10. The van der Waals surface area contributed by atoms with Crippen LogP contribution in [0, 0.1) is 0 Å². The van der Waals surface area contributed by atoms with Gasteiger partial charge < -0.3 is 5.32 Å². The Hall–Kier alpha value is -0.870. The summed E-state index contributed by atoms with van der Waals surface area (Å²) >= 11 is 9.16. The molecule has 0 radical (unpaired) electrons. The normalized spacial score (nSPS) is 12.0. The van der Waals surface area contributed by atoms with Gasteiger partial charge in [0.1, 0.15) is 0 Å². The molecule has 1 unspecified atom stereocenters. The highest BCUT2D eigenvalue weighted by Crippen LogP contribution is 2.21. The van der Waals surface area contributed by atoms with E-state index in [0.29, 0.717) is 10.6 Å². The van der Waals surface area contributed by atoms with Gasteiger partial charge in [-0.3, -0.25) is 9.59 Å². The molecule has 0 spiro atoms. The largest absolute Gasteiger partial charge is 0.342 e. The number of ketones is 1. The second kappa shape index (κ2) is 5.46. The maximum Gasteiger partial charge on any atom is 0.253 e. The zero-order chi connectivity index (χ0) is 12.3. The summed E-state index contributed by atoms with van der Waals surface area (Å²) in [4.78, 5) is 22.7. The zero-order valence-corrected chi connectivity index (χ0v) is 11.2. The SMILES string of the molecule is CC(=O)C(C)NC(=O)c1ccc(Br)cc1Cl. The maximum absolute atomic E-state index is 11.7. The van der Waals surface area contributed by atoms with Gasteiger partial charge in [-0.25, -0.2) is 0 Å². The van der Waals surface area contributed by atoms with Crippen molar-refractivity contribution in [3.05, 3.63) is 33.3 Å². The smallest absolute Gasteiger partial charge is 0.253 e. The monoisotopic (exact) mass is 303 g/mol. The molecule has 0 saturated carbocycles. The van der Waals surface area contributed by atoms with E-state index in [4.69, 9.17) is 11.6 Å². The van der Waals surface area contributed by atoms with E-state index < -0.39 is 6.04 Å². The summed E-state index contributed by atoms with van der Waals surface area (Å²) in [5.74, 6) is -0.443. The van der Waals surface area contributed by atoms with Gasteiger partial charge in [0.15, 0.2) is 5.78 Å². The number of amides is 1. The molecule has 5 heteroatoms. The van der Waals surface area contributed by atoms with E-state index in [9.17, 15) is 9.59 Å². The molecule has 1 rings (SSSR count). The minimum Gasteiger partial charge on any atom is -0.342 e. The molecular weight excluding hydrogens is 293 g/mol. The lowest BCUT2D eigenvalue weighted by Crippen LogP contribution is -2.37. The molecule has 0 aromatic heterocycles. The number of halogens is 2. The number of benzene rings is 1. The van der Waals surface area contributed by atoms with E-state index in [0.717, 1.165) is 4.47 Å². The number of Topliss-reactive ketones (excluding diaryl/α,β-unsaturated/α-hetero) is 1. The van der Waals surface area contributed by atoms with E-state index in [1.54, 1.807) is 25.1 Å². The van der Waals surface area contributed by atoms with Gasteiger partial charge in [-0.2, -0.15) is 0 Å². The van der Waals surface area contributed by atoms with Crippen molar-refractivity contribution in [2.75, 3.05) is 0 Å². The van der Waals surface area contributed by atoms with E-state index >= 15 is 0 Å². The second-order valence-electron chi connectivity index (χ2n) is 3.43. The number of nitrogens with one attached hydrogen (secondary N) is 1. The predicted molar refractivity (Wildman–Crippen MR) is 66.8 cm³/mol. The number of hydrogen-bond acceptors (Lipinski definition) is 2. The fraction of sp³-hybridized carbons (Fsp3) is 0.273. The molecule has 1 amide bonds. The maximum atomic E-state index is 11.7. The van der Waals surface area contributed by atoms with Crippen molar-refractivity contribution in [1.82, 2.24) is 5.32 Å². The third-order valence-electron chi connectivity index (χ3n) is 2.13. The molecule has 16 heavy (non-hydrogen) atoms. The highest BCUT2D eigenvalue weighted by atomic mass is 79.9. The van der Waals surface area contributed by atoms with Crippen molar-refractivity contribution in [2.45, 2.75) is 19.9 Å². The van der Waals surface area contributed by atoms with Crippen molar-refractivity contribution in [3.63, 3.8) is 0 Å². The summed E-state index contributed by atoms with van der Waals surface area (Å²) in [7, 11) is 0. The number of rotatable bonds is 3. The molecule has 1 aromatic carbocycles. The van der Waals surface area contributed by atoms with Crippen LogP contribution in [0.3, 0.4) is 0 Å². The number of hydrogen-bond donors (Lipinski definition) is 1. The van der Waals surface area contributed by atoms with Crippen LogP contribution in [0.2, 0.25) is 5.02 Å². The summed E-state index contributed by atoms with van der Waals surface area (Å²) in [6, 6.07) is 4.45. The van der Waals surface area contributed by atoms with E-state index in [-0.39, 0.29) is 11.7 Å². The first-order chi connectivity index (χ1) is 7.41. The predicted octanol–water partition coefficient (Wildman–Crippen LogP) is 2.81. The van der Waals surface area contributed by atoms with Gasteiger partial charge in [0.25, 0.3) is 5.91 Å². The molecule has 0 aliphatic rings. The summed E-state index contributed by atoms with van der Waals surface area (Å²) in [5, 5.41) is 2.92. The lowest BCUT2D eigenvalue weighted by atomic mass is 10.2. The molecular formula is C11H11BrClNO2. The first-order valence-electron chi connectivity index (χ1n) is 4.68. The quantitative estimate of drug-likeness (QED) is 0.933. The zero-order valence-electron chi connectivity index (χ0n) is 8.88. The topological polar surface area (TPSA) is 46.2 Å². The van der Waals surface area contributed by atoms with E-state index in [2.05, 4.69) is 21.2 Å². The Labute approximate surface area is 107 Å². The molecule has 3 nitrogen and oxygen atoms in total. The Morgan fingerprint density at radius 1 is 1.44 bits per heavy atom. The lowest BCUT2D eigenvalue weighted by molar-refractivity contribution is -0.118. The molecule has 0 saturated heterocycles. The van der Waals surface area contributed by atoms with Crippen molar-refractivity contribution < 1.29 is 9.59 Å². The Kier molecular flexibility index (Phi) is 4.50. The summed E-state index contributed by atoms with van der Waals surface area (Å²) in [6.45, 7) is 3.06. The third kappa shape index (κ3) is 3.32. The standard InChI is InChI=1S/C11H11BrClNO2/c1-6(7(2)15)14-11(16)9-4-3-8(12)5-10(9)13/h3-6H,1-2H3,(H,14,16). The lowest BCUT2D eigenvalue weighted by Gasteiger charge is -2.11. The average Bonchev–Trinajstić information content (AvgIpc) is 2.16. The van der Waals surface area contributed by atoms with Gasteiger partial charge in [0.2, 0.25) is 0 Å². The molecule has 1 N–H and O–H groups in total. The van der Waals surface area contributed by atoms with Crippen molar-refractivity contribution >= 4 is 39.2 Å².